The summed E-state index contributed by atoms with van der Waals surface area (Å²) < 4.78 is 0. The molecule has 0 spiro atoms. The number of hydrogen-bond acceptors (Lipinski definition) is 0. The first-order valence-electron chi connectivity index (χ1n) is 3.41. The summed E-state index contributed by atoms with van der Waals surface area (Å²) in [6.07, 6.45) is 7.01. The molecule has 0 aromatic heterocycles. The topological polar surface area (TPSA) is 0 Å². The monoisotopic (exact) mass is 113 g/mol. The van der Waals surface area contributed by atoms with Crippen molar-refractivity contribution in [2.45, 2.75) is 46.0 Å². The number of unbranched alkanes of at least 4 members (excludes halogenated alkanes) is 4. The minimum absolute atomic E-state index is 0. The summed E-state index contributed by atoms with van der Waals surface area (Å²) in [6, 6.07) is 0. The molecule has 0 rings (SSSR count). The van der Waals surface area contributed by atoms with Gasteiger partial charge in [0.25, 0.3) is 0 Å². The molecule has 3 radical (unpaired) electrons. The van der Waals surface area contributed by atoms with Crippen molar-refractivity contribution in [2.24, 2.45) is 0 Å². The Hall–Kier alpha value is 0. The van der Waals surface area contributed by atoms with Crippen LogP contribution in [0.5, 0.6) is 0 Å². The van der Waals surface area contributed by atoms with Crippen molar-refractivity contribution in [1.82, 2.24) is 0 Å². The zero-order valence-corrected chi connectivity index (χ0v) is 6.11. The zero-order chi connectivity index (χ0) is 5.54. The van der Waals surface area contributed by atoms with E-state index in [1.54, 1.807) is 0 Å². The minimum Gasteiger partial charge on any atom is -0.0654 e. The molecule has 0 aromatic rings. The summed E-state index contributed by atoms with van der Waals surface area (Å²) in [4.78, 5) is 0. The first-order valence-corrected chi connectivity index (χ1v) is 3.41. The average Bonchev–Trinajstić information content (AvgIpc) is 1.69. The van der Waals surface area contributed by atoms with Crippen LogP contribution in [0.25, 0.3) is 0 Å². The van der Waals surface area contributed by atoms with Crippen molar-refractivity contribution in [1.29, 1.82) is 0 Å². The molecule has 0 heteroatoms. The maximum atomic E-state index is 2.25. The van der Waals surface area contributed by atoms with Gasteiger partial charge in [0.05, 0.1) is 0 Å². The molecule has 0 unspecified atom stereocenters. The van der Waals surface area contributed by atoms with E-state index in [0.717, 1.165) is 0 Å². The quantitative estimate of drug-likeness (QED) is 0.491. The second kappa shape index (κ2) is 10.1. The average molecular weight is 113 g/mol. The Kier molecular flexibility index (Phi) is 13.7. The molecule has 0 aliphatic carbocycles. The molecule has 0 saturated heterocycles. The maximum Gasteiger partial charge on any atom is -0.0312 e. The first kappa shape index (κ1) is 10.9. The summed E-state index contributed by atoms with van der Waals surface area (Å²) >= 11 is 0. The van der Waals surface area contributed by atoms with E-state index in [1.165, 1.54) is 32.1 Å². The molecule has 0 aliphatic heterocycles. The van der Waals surface area contributed by atoms with Gasteiger partial charge in [-0.2, -0.15) is 0 Å². The highest BCUT2D eigenvalue weighted by atomic mass is 13.9. The van der Waals surface area contributed by atoms with Gasteiger partial charge in [-0.25, -0.2) is 0 Å². The van der Waals surface area contributed by atoms with Crippen molar-refractivity contribution >= 4 is 0 Å². The maximum absolute atomic E-state index is 2.25. The largest absolute Gasteiger partial charge is 0.0654 e. The van der Waals surface area contributed by atoms with E-state index in [0.29, 0.717) is 0 Å². The predicted molar refractivity (Wildman–Crippen MR) is 38.7 cm³/mol. The van der Waals surface area contributed by atoms with Crippen molar-refractivity contribution in [3.05, 3.63) is 7.43 Å². The van der Waals surface area contributed by atoms with Gasteiger partial charge in [-0.3, -0.25) is 0 Å². The standard InChI is InChI=1S/C7H16.CH/c1-3-5-7-6-4-2;/h3-7H2,1-2H3;1H. The molecule has 0 saturated carbocycles. The van der Waals surface area contributed by atoms with Crippen LogP contribution in [0.15, 0.2) is 0 Å². The summed E-state index contributed by atoms with van der Waals surface area (Å²) in [5, 5.41) is 0. The fourth-order valence-corrected chi connectivity index (χ4v) is 0.677. The third kappa shape index (κ3) is 9.38. The van der Waals surface area contributed by atoms with Gasteiger partial charge in [-0.1, -0.05) is 46.0 Å². The smallest absolute Gasteiger partial charge is 0.0312 e. The van der Waals surface area contributed by atoms with Crippen LogP contribution in [0.1, 0.15) is 46.0 Å². The van der Waals surface area contributed by atoms with Gasteiger partial charge in [0, 0.05) is 0 Å². The van der Waals surface area contributed by atoms with Crippen LogP contribution in [-0.4, -0.2) is 0 Å². The Balaban J connectivity index is 0. The summed E-state index contributed by atoms with van der Waals surface area (Å²) in [5.74, 6) is 0. The lowest BCUT2D eigenvalue weighted by atomic mass is 10.2. The predicted octanol–water partition coefficient (Wildman–Crippen LogP) is 3.18. The summed E-state index contributed by atoms with van der Waals surface area (Å²) in [6.45, 7) is 4.49. The van der Waals surface area contributed by atoms with Crippen LogP contribution >= 0.6 is 0 Å². The van der Waals surface area contributed by atoms with Gasteiger partial charge in [0.1, 0.15) is 0 Å². The molecule has 0 fully saturated rings. The third-order valence-electron chi connectivity index (χ3n) is 1.21. The Bertz CT molecular complexity index is 19.2. The molecule has 8 heavy (non-hydrogen) atoms. The van der Waals surface area contributed by atoms with Gasteiger partial charge in [-0.05, 0) is 7.43 Å². The molecule has 0 nitrogen and oxygen atoms in total. The lowest BCUT2D eigenvalue weighted by Crippen LogP contribution is -1.70. The molecule has 0 amide bonds. The van der Waals surface area contributed by atoms with E-state index in [-0.39, 0.29) is 7.43 Å². The van der Waals surface area contributed by atoms with E-state index < -0.39 is 0 Å². The number of hydrogen-bond donors (Lipinski definition) is 0. The van der Waals surface area contributed by atoms with Crippen LogP contribution in [0.3, 0.4) is 0 Å². The lowest BCUT2D eigenvalue weighted by molar-refractivity contribution is 0.656. The Morgan fingerprint density at radius 3 is 1.38 bits per heavy atom. The molecular weight excluding hydrogens is 96.1 g/mol. The molecule has 0 N–H and O–H groups in total. The molecule has 0 heterocycles. The van der Waals surface area contributed by atoms with E-state index in [9.17, 15) is 0 Å². The van der Waals surface area contributed by atoms with Crippen LogP contribution in [0.4, 0.5) is 0 Å². The van der Waals surface area contributed by atoms with Gasteiger partial charge in [0.15, 0.2) is 0 Å². The Morgan fingerprint density at radius 1 is 0.750 bits per heavy atom. The summed E-state index contributed by atoms with van der Waals surface area (Å²) in [5.41, 5.74) is 0. The SMILES string of the molecule is CCCCCCC.[CH]. The number of rotatable bonds is 4. The van der Waals surface area contributed by atoms with Crippen LogP contribution in [0, 0.1) is 7.43 Å². The second-order valence-corrected chi connectivity index (χ2v) is 2.06. The fraction of sp³-hybridized carbons (Fsp3) is 0.875. The third-order valence-corrected chi connectivity index (χ3v) is 1.21. The lowest BCUT2D eigenvalue weighted by Gasteiger charge is -1.90. The molecule has 49 valence electrons. The van der Waals surface area contributed by atoms with Gasteiger partial charge in [-0.15, -0.1) is 0 Å². The molecule has 0 bridgehead atoms. The molecule has 0 aromatic carbocycles. The highest BCUT2D eigenvalue weighted by molar-refractivity contribution is 4.35. The van der Waals surface area contributed by atoms with Crippen LogP contribution in [-0.2, 0) is 0 Å². The molecule has 0 aliphatic rings. The van der Waals surface area contributed by atoms with Crippen molar-refractivity contribution in [3.63, 3.8) is 0 Å². The van der Waals surface area contributed by atoms with Crippen LogP contribution in [0.2, 0.25) is 0 Å². The second-order valence-electron chi connectivity index (χ2n) is 2.06. The molecular formula is C8H17. The zero-order valence-electron chi connectivity index (χ0n) is 6.11. The van der Waals surface area contributed by atoms with Crippen molar-refractivity contribution < 1.29 is 0 Å². The van der Waals surface area contributed by atoms with Gasteiger partial charge in [0.2, 0.25) is 0 Å². The van der Waals surface area contributed by atoms with E-state index in [4.69, 9.17) is 0 Å². The normalized spacial score (nSPS) is 8.25. The fourth-order valence-electron chi connectivity index (χ4n) is 0.677. The highest BCUT2D eigenvalue weighted by Gasteiger charge is 1.80. The highest BCUT2D eigenvalue weighted by Crippen LogP contribution is 2.00. The van der Waals surface area contributed by atoms with Crippen LogP contribution < -0.4 is 0 Å². The van der Waals surface area contributed by atoms with Gasteiger partial charge >= 0.3 is 0 Å². The Morgan fingerprint density at radius 2 is 1.12 bits per heavy atom. The van der Waals surface area contributed by atoms with E-state index >= 15 is 0 Å². The van der Waals surface area contributed by atoms with E-state index in [2.05, 4.69) is 13.8 Å². The van der Waals surface area contributed by atoms with E-state index in [1.807, 2.05) is 0 Å². The first-order chi connectivity index (χ1) is 3.41. The van der Waals surface area contributed by atoms with Crippen molar-refractivity contribution in [2.75, 3.05) is 0 Å². The van der Waals surface area contributed by atoms with Crippen molar-refractivity contribution in [3.8, 4) is 0 Å². The molecule has 0 atom stereocenters. The summed E-state index contributed by atoms with van der Waals surface area (Å²) in [7, 11) is 0. The Labute approximate surface area is 54.3 Å². The van der Waals surface area contributed by atoms with Gasteiger partial charge < -0.3 is 0 Å². The minimum atomic E-state index is 0.